The van der Waals surface area contributed by atoms with E-state index < -0.39 is 5.97 Å². The number of carboxylic acids is 1. The molecule has 0 spiro atoms. The van der Waals surface area contributed by atoms with Crippen molar-refractivity contribution in [3.05, 3.63) is 200 Å². The average Bonchev–Trinajstić information content (AvgIpc) is 3.94. The molecule has 8 nitrogen and oxygen atoms in total. The van der Waals surface area contributed by atoms with Gasteiger partial charge in [-0.3, -0.25) is 4.79 Å². The topological polar surface area (TPSA) is 106 Å². The Bertz CT molecular complexity index is 3770. The highest BCUT2D eigenvalue weighted by Crippen LogP contribution is 2.48. The number of aromatic carboxylic acids is 1. The van der Waals surface area contributed by atoms with Gasteiger partial charge in [0.05, 0.1) is 5.56 Å². The lowest BCUT2D eigenvalue weighted by atomic mass is 9.32. The quantitative estimate of drug-likeness (QED) is 0.120. The number of benzene rings is 9. The maximum absolute atomic E-state index is 12.0. The Balaban J connectivity index is 1.08. The highest BCUT2D eigenvalue weighted by Gasteiger charge is 2.50. The summed E-state index contributed by atoms with van der Waals surface area (Å²) in [5, 5.41) is 9.83. The minimum atomic E-state index is -0.955. The number of aromatic nitrogens is 3. The third kappa shape index (κ3) is 5.75. The van der Waals surface area contributed by atoms with E-state index in [1.54, 1.807) is 12.1 Å². The molecule has 9 aromatic carbocycles. The fourth-order valence-electron chi connectivity index (χ4n) is 11.5. The van der Waals surface area contributed by atoms with Crippen molar-refractivity contribution in [2.75, 3.05) is 4.90 Å². The van der Waals surface area contributed by atoms with Gasteiger partial charge < -0.3 is 14.7 Å². The van der Waals surface area contributed by atoms with Crippen LogP contribution in [0.1, 0.15) is 10.4 Å². The normalized spacial score (nSPS) is 12.7. The van der Waals surface area contributed by atoms with Crippen molar-refractivity contribution in [1.82, 2.24) is 15.0 Å². The number of ether oxygens (including phenoxy) is 1. The van der Waals surface area contributed by atoms with Gasteiger partial charge in [-0.15, -0.1) is 0 Å². The van der Waals surface area contributed by atoms with Crippen LogP contribution in [0.3, 0.4) is 0 Å². The number of rotatable bonds is 8. The van der Waals surface area contributed by atoms with Crippen LogP contribution in [0, 0.1) is 0 Å². The largest absolute Gasteiger partial charge is 0.478 e. The Labute approximate surface area is 397 Å². The number of hydrogen-bond acceptors (Lipinski definition) is 7. The first-order valence-electron chi connectivity index (χ1n) is 22.9. The highest BCUT2D eigenvalue weighted by atomic mass is 16.5. The Morgan fingerprint density at radius 3 is 1.39 bits per heavy atom. The van der Waals surface area contributed by atoms with E-state index in [4.69, 9.17) is 19.7 Å². The Morgan fingerprint density at radius 2 is 0.913 bits per heavy atom. The second kappa shape index (κ2) is 14.9. The van der Waals surface area contributed by atoms with E-state index in [0.717, 1.165) is 72.6 Å². The second-order valence-corrected chi connectivity index (χ2v) is 17.9. The van der Waals surface area contributed by atoms with Gasteiger partial charge in [0, 0.05) is 33.8 Å². The molecule has 0 unspecified atom stereocenters. The first-order chi connectivity index (χ1) is 34.0. The zero-order chi connectivity index (χ0) is 45.9. The van der Waals surface area contributed by atoms with Crippen LogP contribution in [0.25, 0.3) is 78.7 Å². The molecule has 1 N–H and O–H groups in total. The molecule has 10 aromatic rings. The lowest BCUT2D eigenvalue weighted by molar-refractivity contribution is -0.120. The van der Waals surface area contributed by atoms with Crippen LogP contribution >= 0.6 is 0 Å². The smallest absolute Gasteiger partial charge is 0.335 e. The van der Waals surface area contributed by atoms with E-state index in [0.29, 0.717) is 29.7 Å². The molecule has 0 amide bonds. The minimum absolute atomic E-state index is 0.123. The highest BCUT2D eigenvalue weighted by molar-refractivity contribution is 7.05. The third-order valence-corrected chi connectivity index (χ3v) is 14.4. The lowest BCUT2D eigenvalue weighted by Gasteiger charge is -2.43. The van der Waals surface area contributed by atoms with Gasteiger partial charge >= 0.3 is 5.97 Å². The SMILES string of the molecule is O=COc1ccc(-c2ccc3c4c2-c2ccccc2B4c2cc(-c4nc(-c5ccccc5)nc(-c5ccccc5)n4)cc4c2N3c2ccc(-c3ccc(C(=O)O)cc3)c3c2B4c2ccccc2-3)cc1. The van der Waals surface area contributed by atoms with Crippen molar-refractivity contribution in [1.29, 1.82) is 0 Å². The summed E-state index contributed by atoms with van der Waals surface area (Å²) >= 11 is 0. The van der Waals surface area contributed by atoms with E-state index in [1.165, 1.54) is 38.4 Å². The van der Waals surface area contributed by atoms with E-state index in [2.05, 4.69) is 89.8 Å². The molecule has 0 fully saturated rings. The van der Waals surface area contributed by atoms with Gasteiger partial charge in [-0.2, -0.15) is 0 Å². The van der Waals surface area contributed by atoms with Crippen molar-refractivity contribution >= 4 is 75.7 Å². The number of anilines is 3. The summed E-state index contributed by atoms with van der Waals surface area (Å²) in [5.41, 5.74) is 22.3. The average molecular weight is 885 g/mol. The van der Waals surface area contributed by atoms with Gasteiger partial charge in [-0.25, -0.2) is 19.7 Å². The number of hydrogen-bond donors (Lipinski definition) is 1. The molecular formula is C59H34B2N4O4. The van der Waals surface area contributed by atoms with Crippen LogP contribution < -0.4 is 42.4 Å². The molecule has 0 saturated carbocycles. The van der Waals surface area contributed by atoms with E-state index >= 15 is 0 Å². The fourth-order valence-corrected chi connectivity index (χ4v) is 11.5. The van der Waals surface area contributed by atoms with E-state index in [9.17, 15) is 14.7 Å². The summed E-state index contributed by atoms with van der Waals surface area (Å²) in [6, 6.07) is 66.3. The molecule has 1 aromatic heterocycles. The van der Waals surface area contributed by atoms with Gasteiger partial charge in [0.2, 0.25) is 13.4 Å². The van der Waals surface area contributed by atoms with Crippen molar-refractivity contribution in [3.8, 4) is 84.4 Å². The number of fused-ring (bicyclic) bond motifs is 10. The Hall–Kier alpha value is -9.14. The number of carbonyl (C=O) groups is 2. The van der Waals surface area contributed by atoms with Crippen LogP contribution in [0.5, 0.6) is 5.75 Å². The summed E-state index contributed by atoms with van der Waals surface area (Å²) in [7, 11) is 0. The molecule has 0 atom stereocenters. The van der Waals surface area contributed by atoms with Crippen LogP contribution in [0.4, 0.5) is 17.1 Å². The van der Waals surface area contributed by atoms with Crippen molar-refractivity contribution in [2.24, 2.45) is 0 Å². The summed E-state index contributed by atoms with van der Waals surface area (Å²) < 4.78 is 5.21. The van der Waals surface area contributed by atoms with Crippen molar-refractivity contribution < 1.29 is 19.4 Å². The van der Waals surface area contributed by atoms with Crippen LogP contribution in [0.15, 0.2) is 194 Å². The summed E-state index contributed by atoms with van der Waals surface area (Å²) in [4.78, 5) is 41.4. The van der Waals surface area contributed by atoms with Crippen LogP contribution in [0.2, 0.25) is 0 Å². The minimum Gasteiger partial charge on any atom is -0.478 e. The van der Waals surface area contributed by atoms with Gasteiger partial charge in [-0.1, -0.05) is 169 Å². The monoisotopic (exact) mass is 884 g/mol. The summed E-state index contributed by atoms with van der Waals surface area (Å²) in [6.07, 6.45) is 0. The third-order valence-electron chi connectivity index (χ3n) is 14.4. The van der Waals surface area contributed by atoms with E-state index in [-0.39, 0.29) is 19.0 Å². The number of carboxylic acid groups (broad SMARTS) is 1. The first kappa shape index (κ1) is 39.1. The van der Waals surface area contributed by atoms with Gasteiger partial charge in [0.15, 0.2) is 17.5 Å². The molecule has 5 heterocycles. The van der Waals surface area contributed by atoms with Crippen LogP contribution in [-0.2, 0) is 4.79 Å². The van der Waals surface area contributed by atoms with Crippen molar-refractivity contribution in [2.45, 2.75) is 0 Å². The molecule has 0 radical (unpaired) electrons. The zero-order valence-electron chi connectivity index (χ0n) is 36.7. The standard InChI is InChI=1S/C59H34B2N4O4/c66-33-69-40-25-23-35(24-26-40)42-28-30-50-54-52(42)44-16-8-10-18-46(44)61(54)48-32-39(58-63-56(36-11-3-1-4-12-36)62-57(64-58)37-13-5-2-6-14-37)31-47-55(48)65(50)49-29-27-41(34-19-21-38(22-20-34)59(67)68)51-43-15-7-9-17-45(43)60(47)53(49)51/h1-33H,(H,67,68). The second-order valence-electron chi connectivity index (χ2n) is 17.9. The first-order valence-corrected chi connectivity index (χ1v) is 22.9. The molecule has 10 heteroatoms. The van der Waals surface area contributed by atoms with Crippen LogP contribution in [-0.4, -0.2) is 45.9 Å². The molecule has 4 aliphatic rings. The zero-order valence-corrected chi connectivity index (χ0v) is 36.7. The maximum Gasteiger partial charge on any atom is 0.335 e. The van der Waals surface area contributed by atoms with Gasteiger partial charge in [-0.05, 0) is 103 Å². The predicted molar refractivity (Wildman–Crippen MR) is 276 cm³/mol. The number of nitrogens with zero attached hydrogens (tertiary/aromatic N) is 4. The van der Waals surface area contributed by atoms with Crippen molar-refractivity contribution in [3.63, 3.8) is 0 Å². The van der Waals surface area contributed by atoms with Gasteiger partial charge in [0.1, 0.15) is 5.75 Å². The lowest BCUT2D eigenvalue weighted by Crippen LogP contribution is -2.63. The maximum atomic E-state index is 12.0. The molecule has 69 heavy (non-hydrogen) atoms. The number of carbonyl (C=O) groups excluding carboxylic acids is 1. The molecule has 0 aliphatic carbocycles. The fraction of sp³-hybridized carbons (Fsp3) is 0. The van der Waals surface area contributed by atoms with Gasteiger partial charge in [0.25, 0.3) is 6.47 Å². The summed E-state index contributed by atoms with van der Waals surface area (Å²) in [5.74, 6) is 1.30. The van der Waals surface area contributed by atoms with E-state index in [1.807, 2.05) is 97.1 Å². The Morgan fingerprint density at radius 1 is 0.464 bits per heavy atom. The molecule has 0 saturated heterocycles. The molecule has 320 valence electrons. The molecule has 14 rings (SSSR count). The Kier molecular flexibility index (Phi) is 8.46. The summed E-state index contributed by atoms with van der Waals surface area (Å²) in [6.45, 7) is 0.195. The molecule has 4 aliphatic heterocycles. The predicted octanol–water partition coefficient (Wildman–Crippen LogP) is 8.53. The molecule has 0 bridgehead atoms. The molecular weight excluding hydrogens is 850 g/mol.